The number of ether oxygens (including phenoxy) is 1. The summed E-state index contributed by atoms with van der Waals surface area (Å²) in [6.45, 7) is 3.19. The Hall–Kier alpha value is -3.86. The number of hydrogen-bond donors (Lipinski definition) is 4. The number of aryl methyl sites for hydroxylation is 1. The summed E-state index contributed by atoms with van der Waals surface area (Å²) in [5, 5.41) is 21.9. The molecular weight excluding hydrogens is 511 g/mol. The second-order valence-electron chi connectivity index (χ2n) is 8.60. The van der Waals surface area contributed by atoms with Crippen LogP contribution in [0.25, 0.3) is 0 Å². The van der Waals surface area contributed by atoms with E-state index in [1.807, 2.05) is 25.1 Å². The molecule has 3 rings (SSSR count). The average molecular weight is 541 g/mol. The van der Waals surface area contributed by atoms with Crippen molar-refractivity contribution < 1.29 is 58.6 Å². The maximum atomic E-state index is 12.6. The maximum Gasteiger partial charge on any atom is 1.00 e. The molecule has 4 N–H and O–H groups in total. The Bertz CT molecular complexity index is 1310. The molecule has 0 aliphatic carbocycles. The van der Waals surface area contributed by atoms with Crippen LogP contribution in [0.4, 0.5) is 21.9 Å². The largest absolute Gasteiger partial charge is 1.00 e. The summed E-state index contributed by atoms with van der Waals surface area (Å²) < 4.78 is 5.40. The van der Waals surface area contributed by atoms with Gasteiger partial charge in [-0.1, -0.05) is 36.4 Å². The van der Waals surface area contributed by atoms with E-state index in [0.717, 1.165) is 5.56 Å². The molecule has 0 saturated heterocycles. The average Bonchev–Trinajstić information content (AvgIpc) is 2.86. The zero-order valence-corrected chi connectivity index (χ0v) is 24.3. The number of carboxylic acids is 1. The Morgan fingerprint density at radius 1 is 0.897 bits per heavy atom. The molecule has 0 heterocycles. The van der Waals surface area contributed by atoms with Crippen LogP contribution in [0.15, 0.2) is 66.7 Å². The van der Waals surface area contributed by atoms with Gasteiger partial charge in [0.1, 0.15) is 5.75 Å². The van der Waals surface area contributed by atoms with E-state index in [4.69, 9.17) is 4.74 Å². The Labute approximate surface area is 248 Å². The summed E-state index contributed by atoms with van der Waals surface area (Å²) in [7, 11) is 1.47. The first-order chi connectivity index (χ1) is 18.1. The third-order valence-electron chi connectivity index (χ3n) is 5.62. The number of nitrogens with one attached hydrogen (secondary N) is 4. The molecule has 0 saturated carbocycles. The number of benzene rings is 3. The molecule has 4 amide bonds. The van der Waals surface area contributed by atoms with E-state index in [2.05, 4.69) is 21.3 Å². The molecule has 0 fully saturated rings. The van der Waals surface area contributed by atoms with E-state index < -0.39 is 18.0 Å². The molecule has 0 aromatic heterocycles. The van der Waals surface area contributed by atoms with Crippen molar-refractivity contribution in [3.8, 4) is 5.75 Å². The maximum absolute atomic E-state index is 12.6. The zero-order chi connectivity index (χ0) is 27.7. The summed E-state index contributed by atoms with van der Waals surface area (Å²) in [5.74, 6) is -1.54. The predicted octanol–water partition coefficient (Wildman–Crippen LogP) is 0.150. The summed E-state index contributed by atoms with van der Waals surface area (Å²) in [5.41, 5.74) is 3.81. The monoisotopic (exact) mass is 540 g/mol. The Kier molecular flexibility index (Phi) is 12.0. The van der Waals surface area contributed by atoms with Crippen molar-refractivity contribution in [3.05, 3.63) is 83.4 Å². The number of anilines is 3. The molecule has 3 aromatic rings. The van der Waals surface area contributed by atoms with Crippen LogP contribution in [-0.2, 0) is 20.8 Å². The minimum absolute atomic E-state index is 0. The number of rotatable bonds is 10. The Balaban J connectivity index is 0.00000533. The van der Waals surface area contributed by atoms with Crippen molar-refractivity contribution in [2.75, 3.05) is 23.1 Å². The fourth-order valence-corrected chi connectivity index (χ4v) is 3.79. The quantitative estimate of drug-likeness (QED) is 0.269. The fourth-order valence-electron chi connectivity index (χ4n) is 3.79. The van der Waals surface area contributed by atoms with Crippen molar-refractivity contribution in [1.82, 2.24) is 5.32 Å². The molecule has 0 unspecified atom stereocenters. The van der Waals surface area contributed by atoms with Crippen molar-refractivity contribution in [2.45, 2.75) is 32.7 Å². The van der Waals surface area contributed by atoms with Gasteiger partial charge in [-0.15, -0.1) is 0 Å². The number of carboxylic acid groups (broad SMARTS) is 1. The predicted molar refractivity (Wildman–Crippen MR) is 142 cm³/mol. The van der Waals surface area contributed by atoms with Gasteiger partial charge in [0.15, 0.2) is 0 Å². The Morgan fingerprint density at radius 3 is 2.18 bits per heavy atom. The van der Waals surface area contributed by atoms with Crippen molar-refractivity contribution in [3.63, 3.8) is 0 Å². The molecule has 0 spiro atoms. The number of urea groups is 1. The van der Waals surface area contributed by atoms with Crippen LogP contribution in [0, 0.1) is 6.92 Å². The third kappa shape index (κ3) is 9.75. The van der Waals surface area contributed by atoms with E-state index in [9.17, 15) is 24.3 Å². The van der Waals surface area contributed by atoms with Gasteiger partial charge in [0.25, 0.3) is 0 Å². The molecular formula is C28H29N4NaO6. The molecule has 39 heavy (non-hydrogen) atoms. The number of carbonyl (C=O) groups excluding carboxylic acids is 4. The van der Waals surface area contributed by atoms with Crippen LogP contribution in [-0.4, -0.2) is 30.9 Å². The molecule has 3 aromatic carbocycles. The van der Waals surface area contributed by atoms with Crippen LogP contribution in [0.5, 0.6) is 5.75 Å². The van der Waals surface area contributed by atoms with Gasteiger partial charge in [0.05, 0.1) is 25.3 Å². The molecule has 0 bridgehead atoms. The van der Waals surface area contributed by atoms with Gasteiger partial charge in [-0.05, 0) is 53.9 Å². The van der Waals surface area contributed by atoms with Gasteiger partial charge in [-0.2, -0.15) is 0 Å². The standard InChI is InChI=1S/C28H30N4O6.Na/c1-17-6-4-5-7-22(17)31-28(37)32-23-13-8-19(14-25(23)38-3)15-26(34)30-21-11-9-20(10-12-21)24(16-27(35)36)29-18(2)33;/h4-14,24H,15-16H2,1-3H3,(H,29,33)(H,30,34)(H,35,36)(H2,31,32,37);/q;+1/p-1/t24-;/m1./s1. The number of aliphatic carboxylic acids is 1. The number of carbonyl (C=O) groups is 4. The van der Waals surface area contributed by atoms with Gasteiger partial charge in [-0.3, -0.25) is 9.59 Å². The van der Waals surface area contributed by atoms with Crippen molar-refractivity contribution in [2.24, 2.45) is 0 Å². The molecule has 0 aliphatic heterocycles. The van der Waals surface area contributed by atoms with E-state index >= 15 is 0 Å². The summed E-state index contributed by atoms with van der Waals surface area (Å²) in [4.78, 5) is 47.4. The molecule has 0 aliphatic rings. The number of amides is 4. The van der Waals surface area contributed by atoms with E-state index in [1.165, 1.54) is 14.0 Å². The van der Waals surface area contributed by atoms with Crippen molar-refractivity contribution >= 4 is 40.9 Å². The second kappa shape index (κ2) is 14.9. The van der Waals surface area contributed by atoms with Gasteiger partial charge in [0, 0.05) is 30.7 Å². The minimum atomic E-state index is -1.29. The number of methoxy groups -OCH3 is 1. The molecule has 198 valence electrons. The van der Waals surface area contributed by atoms with Gasteiger partial charge < -0.3 is 35.9 Å². The topological polar surface area (TPSA) is 149 Å². The first-order valence-corrected chi connectivity index (χ1v) is 11.8. The van der Waals surface area contributed by atoms with Crippen molar-refractivity contribution in [1.29, 1.82) is 0 Å². The van der Waals surface area contributed by atoms with Crippen LogP contribution >= 0.6 is 0 Å². The van der Waals surface area contributed by atoms with Crippen LogP contribution in [0.2, 0.25) is 0 Å². The first kappa shape index (κ1) is 31.4. The molecule has 10 nitrogen and oxygen atoms in total. The number of para-hydroxylation sites is 1. The van der Waals surface area contributed by atoms with Crippen LogP contribution in [0.3, 0.4) is 0 Å². The SMILES string of the molecule is COc1cc(CC(=O)Nc2ccc([C@@H](CC(=O)[O-])NC(C)=O)cc2)ccc1NC(=O)Nc1ccccc1C.[Na+]. The minimum Gasteiger partial charge on any atom is -0.550 e. The smallest absolute Gasteiger partial charge is 0.550 e. The number of hydrogen-bond acceptors (Lipinski definition) is 6. The fraction of sp³-hybridized carbons (Fsp3) is 0.214. The van der Waals surface area contributed by atoms with Gasteiger partial charge in [-0.25, -0.2) is 4.79 Å². The zero-order valence-electron chi connectivity index (χ0n) is 22.3. The van der Waals surface area contributed by atoms with Crippen LogP contribution in [0.1, 0.15) is 36.1 Å². The first-order valence-electron chi connectivity index (χ1n) is 11.8. The van der Waals surface area contributed by atoms with E-state index in [1.54, 1.807) is 48.5 Å². The van der Waals surface area contributed by atoms with E-state index in [-0.39, 0.29) is 54.2 Å². The molecule has 0 radical (unpaired) electrons. The summed E-state index contributed by atoms with van der Waals surface area (Å²) in [6, 6.07) is 17.8. The molecule has 1 atom stereocenters. The van der Waals surface area contributed by atoms with Gasteiger partial charge in [0.2, 0.25) is 11.8 Å². The summed E-state index contributed by atoms with van der Waals surface area (Å²) >= 11 is 0. The third-order valence-corrected chi connectivity index (χ3v) is 5.62. The summed E-state index contributed by atoms with van der Waals surface area (Å²) in [6.07, 6.45) is -0.321. The van der Waals surface area contributed by atoms with Crippen LogP contribution < -0.4 is 60.7 Å². The normalized spacial score (nSPS) is 10.8. The Morgan fingerprint density at radius 2 is 1.56 bits per heavy atom. The van der Waals surface area contributed by atoms with Gasteiger partial charge >= 0.3 is 35.6 Å². The second-order valence-corrected chi connectivity index (χ2v) is 8.60. The molecule has 11 heteroatoms. The van der Waals surface area contributed by atoms with E-state index in [0.29, 0.717) is 33.9 Å².